The number of methoxy groups -OCH3 is 1. The first-order valence-electron chi connectivity index (χ1n) is 13.3. The Balaban J connectivity index is 1.47. The molecule has 3 heterocycles. The highest BCUT2D eigenvalue weighted by atomic mass is 16.5. The van der Waals surface area contributed by atoms with Gasteiger partial charge in [-0.25, -0.2) is 4.79 Å². The van der Waals surface area contributed by atoms with E-state index < -0.39 is 0 Å². The summed E-state index contributed by atoms with van der Waals surface area (Å²) in [5.74, 6) is 2.67. The molecule has 0 saturated carbocycles. The first kappa shape index (κ1) is 22.2. The van der Waals surface area contributed by atoms with Gasteiger partial charge in [-0.05, 0) is 46.3 Å². The number of fused-ring (bicyclic) bond motifs is 4. The Morgan fingerprint density at radius 2 is 1.56 bits per heavy atom. The fraction of sp³-hybridized carbons (Fsp3) is 0.147. The number of anilines is 2. The molecule has 0 N–H and O–H groups in total. The van der Waals surface area contributed by atoms with E-state index in [2.05, 4.69) is 49.4 Å². The molecule has 1 unspecified atom stereocenters. The highest BCUT2D eigenvalue weighted by Crippen LogP contribution is 2.57. The molecule has 190 valence electrons. The van der Waals surface area contributed by atoms with Gasteiger partial charge in [0.25, 0.3) is 0 Å². The molecule has 0 bridgehead atoms. The zero-order valence-electron chi connectivity index (χ0n) is 22.0. The second-order valence-corrected chi connectivity index (χ2v) is 10.6. The second-order valence-electron chi connectivity index (χ2n) is 10.6. The van der Waals surface area contributed by atoms with Crippen LogP contribution in [0.2, 0.25) is 0 Å². The van der Waals surface area contributed by atoms with Gasteiger partial charge in [-0.3, -0.25) is 9.80 Å². The predicted molar refractivity (Wildman–Crippen MR) is 156 cm³/mol. The van der Waals surface area contributed by atoms with Gasteiger partial charge in [-0.1, -0.05) is 67.6 Å². The van der Waals surface area contributed by atoms with Crippen molar-refractivity contribution in [3.63, 3.8) is 0 Å². The van der Waals surface area contributed by atoms with Crippen LogP contribution in [0.15, 0.2) is 84.9 Å². The number of amides is 2. The van der Waals surface area contributed by atoms with Crippen molar-refractivity contribution < 1.29 is 14.3 Å². The summed E-state index contributed by atoms with van der Waals surface area (Å²) < 4.78 is 12.5. The van der Waals surface area contributed by atoms with Crippen LogP contribution in [0, 0.1) is 0 Å². The fourth-order valence-corrected chi connectivity index (χ4v) is 6.79. The predicted octanol–water partition coefficient (Wildman–Crippen LogP) is 8.45. The van der Waals surface area contributed by atoms with Crippen LogP contribution in [0.5, 0.6) is 17.2 Å². The molecule has 39 heavy (non-hydrogen) atoms. The number of carbonyl (C=O) groups is 1. The van der Waals surface area contributed by atoms with E-state index in [1.807, 2.05) is 54.4 Å². The van der Waals surface area contributed by atoms with Crippen LogP contribution in [0.3, 0.4) is 0 Å². The molecule has 5 aromatic rings. The number of urea groups is 1. The summed E-state index contributed by atoms with van der Waals surface area (Å²) in [6, 6.07) is 29.1. The smallest absolute Gasteiger partial charge is 0.328 e. The quantitative estimate of drug-likeness (QED) is 0.235. The summed E-state index contributed by atoms with van der Waals surface area (Å²) in [4.78, 5) is 17.5. The zero-order chi connectivity index (χ0) is 26.4. The number of hydrogen-bond acceptors (Lipinski definition) is 3. The summed E-state index contributed by atoms with van der Waals surface area (Å²) >= 11 is 0. The summed E-state index contributed by atoms with van der Waals surface area (Å²) in [7, 11) is 3.59. The highest BCUT2D eigenvalue weighted by Gasteiger charge is 2.41. The topological polar surface area (TPSA) is 42.0 Å². The van der Waals surface area contributed by atoms with Crippen molar-refractivity contribution in [2.45, 2.75) is 12.8 Å². The van der Waals surface area contributed by atoms with Gasteiger partial charge in [0, 0.05) is 47.2 Å². The van der Waals surface area contributed by atoms with Gasteiger partial charge in [0.15, 0.2) is 0 Å². The molecule has 3 aliphatic heterocycles. The number of nitrogens with zero attached hydrogens (tertiary/aromatic N) is 2. The lowest BCUT2D eigenvalue weighted by atomic mass is 9.84. The normalized spacial score (nSPS) is 16.4. The van der Waals surface area contributed by atoms with E-state index in [1.54, 1.807) is 12.0 Å². The van der Waals surface area contributed by atoms with Crippen molar-refractivity contribution >= 4 is 28.2 Å². The van der Waals surface area contributed by atoms with Gasteiger partial charge in [0.1, 0.15) is 17.2 Å². The van der Waals surface area contributed by atoms with E-state index >= 15 is 0 Å². The van der Waals surface area contributed by atoms with Crippen molar-refractivity contribution in [1.82, 2.24) is 0 Å². The Bertz CT molecular complexity index is 1880. The van der Waals surface area contributed by atoms with Crippen LogP contribution in [0.1, 0.15) is 18.4 Å². The molecule has 5 heteroatoms. The average Bonchev–Trinajstić information content (AvgIpc) is 3.29. The summed E-state index contributed by atoms with van der Waals surface area (Å²) in [5.41, 5.74) is 9.49. The monoisotopic (exact) mass is 510 g/mol. The number of ether oxygens (including phenoxy) is 2. The largest absolute Gasteiger partial charge is 0.496 e. The van der Waals surface area contributed by atoms with Gasteiger partial charge in [-0.2, -0.15) is 0 Å². The van der Waals surface area contributed by atoms with Crippen LogP contribution >= 0.6 is 0 Å². The SMILES string of the molecule is COc1cc2c3c(c1-c1ccc4c5c(cccc15)Oc1ccccc1-4)C(C)CN3C(=O)N(C)c1ccccc1-2. The Labute approximate surface area is 226 Å². The van der Waals surface area contributed by atoms with Gasteiger partial charge in [0.05, 0.1) is 18.5 Å². The molecule has 0 saturated heterocycles. The molecule has 0 fully saturated rings. The highest BCUT2D eigenvalue weighted by molar-refractivity contribution is 6.16. The van der Waals surface area contributed by atoms with Gasteiger partial charge >= 0.3 is 6.03 Å². The molecule has 0 aliphatic carbocycles. The van der Waals surface area contributed by atoms with E-state index in [4.69, 9.17) is 9.47 Å². The lowest BCUT2D eigenvalue weighted by Crippen LogP contribution is -2.39. The molecule has 5 aromatic carbocycles. The van der Waals surface area contributed by atoms with Crippen molar-refractivity contribution in [2.75, 3.05) is 30.5 Å². The standard InChI is InChI=1S/C34H26N2O3/c1-19-18-36-33-25(20-9-4-6-12-26(20)35(2)34(36)37)17-29(38-3)32(30(19)33)24-16-15-23-21-10-5-7-13-27(21)39-28-14-8-11-22(24)31(23)28/h4-17,19H,18H2,1-3H3. The molecular weight excluding hydrogens is 484 g/mol. The lowest BCUT2D eigenvalue weighted by molar-refractivity contribution is 0.253. The van der Waals surface area contributed by atoms with Crippen molar-refractivity contribution in [3.8, 4) is 50.6 Å². The first-order valence-corrected chi connectivity index (χ1v) is 13.3. The van der Waals surface area contributed by atoms with Crippen LogP contribution in [0.25, 0.3) is 44.2 Å². The van der Waals surface area contributed by atoms with E-state index in [0.29, 0.717) is 6.54 Å². The molecule has 5 nitrogen and oxygen atoms in total. The minimum atomic E-state index is -0.00943. The fourth-order valence-electron chi connectivity index (χ4n) is 6.79. The Kier molecular flexibility index (Phi) is 4.49. The first-order chi connectivity index (χ1) is 19.1. The number of carbonyl (C=O) groups excluding carboxylic acids is 1. The van der Waals surface area contributed by atoms with E-state index in [1.165, 1.54) is 0 Å². The van der Waals surface area contributed by atoms with Crippen LogP contribution in [0.4, 0.5) is 16.2 Å². The number of para-hydroxylation sites is 2. The third-order valence-corrected chi connectivity index (χ3v) is 8.48. The van der Waals surface area contributed by atoms with Crippen LogP contribution in [-0.2, 0) is 0 Å². The average molecular weight is 511 g/mol. The molecule has 1 atom stereocenters. The summed E-state index contributed by atoms with van der Waals surface area (Å²) in [6.07, 6.45) is 0. The maximum absolute atomic E-state index is 13.8. The number of benzene rings is 5. The Hall–Kier alpha value is -4.77. The van der Waals surface area contributed by atoms with Gasteiger partial charge < -0.3 is 9.47 Å². The lowest BCUT2D eigenvalue weighted by Gasteiger charge is -2.25. The van der Waals surface area contributed by atoms with Crippen molar-refractivity contribution in [1.29, 1.82) is 0 Å². The molecule has 3 aliphatic rings. The molecule has 8 rings (SSSR count). The Morgan fingerprint density at radius 1 is 0.821 bits per heavy atom. The molecule has 0 radical (unpaired) electrons. The summed E-state index contributed by atoms with van der Waals surface area (Å²) in [5, 5.41) is 2.21. The van der Waals surface area contributed by atoms with E-state index in [9.17, 15) is 4.79 Å². The van der Waals surface area contributed by atoms with Crippen LogP contribution in [-0.4, -0.2) is 26.7 Å². The minimum absolute atomic E-state index is 0.00943. The molecular formula is C34H26N2O3. The molecule has 0 aromatic heterocycles. The van der Waals surface area contributed by atoms with Gasteiger partial charge in [0.2, 0.25) is 0 Å². The van der Waals surface area contributed by atoms with E-state index in [0.717, 1.165) is 78.3 Å². The third kappa shape index (κ3) is 2.87. The molecule has 0 spiro atoms. The maximum atomic E-state index is 13.8. The maximum Gasteiger partial charge on any atom is 0.328 e. The second kappa shape index (κ2) is 7.87. The van der Waals surface area contributed by atoms with Crippen molar-refractivity contribution in [3.05, 3.63) is 90.5 Å². The van der Waals surface area contributed by atoms with Crippen molar-refractivity contribution in [2.24, 2.45) is 0 Å². The third-order valence-electron chi connectivity index (χ3n) is 8.48. The van der Waals surface area contributed by atoms with Gasteiger partial charge in [-0.15, -0.1) is 0 Å². The van der Waals surface area contributed by atoms with E-state index in [-0.39, 0.29) is 11.9 Å². The zero-order valence-corrected chi connectivity index (χ0v) is 22.0. The molecule has 2 amide bonds. The minimum Gasteiger partial charge on any atom is -0.496 e. The number of rotatable bonds is 2. The van der Waals surface area contributed by atoms with Crippen LogP contribution < -0.4 is 19.3 Å². The summed E-state index contributed by atoms with van der Waals surface area (Å²) in [6.45, 7) is 2.83. The Morgan fingerprint density at radius 3 is 2.41 bits per heavy atom. The number of hydrogen-bond donors (Lipinski definition) is 0.